The third-order valence-electron chi connectivity index (χ3n) is 2.29. The van der Waals surface area contributed by atoms with E-state index >= 15 is 0 Å². The van der Waals surface area contributed by atoms with E-state index < -0.39 is 0 Å². The molecule has 0 aromatic rings. The number of hydrogen-bond acceptors (Lipinski definition) is 3. The summed E-state index contributed by atoms with van der Waals surface area (Å²) in [7, 11) is 0. The highest BCUT2D eigenvalue weighted by Gasteiger charge is 2.02. The minimum atomic E-state index is 0.969. The van der Waals surface area contributed by atoms with Crippen molar-refractivity contribution in [3.8, 4) is 0 Å². The van der Waals surface area contributed by atoms with Gasteiger partial charge in [0.25, 0.3) is 0 Å². The van der Waals surface area contributed by atoms with Crippen molar-refractivity contribution in [3.63, 3.8) is 0 Å². The summed E-state index contributed by atoms with van der Waals surface area (Å²) in [5.74, 6) is 0. The predicted octanol–water partition coefficient (Wildman–Crippen LogP) is 4.87. The van der Waals surface area contributed by atoms with E-state index in [1.807, 2.05) is 0 Å². The molecule has 0 unspecified atom stereocenters. The second-order valence-electron chi connectivity index (χ2n) is 3.72. The van der Waals surface area contributed by atoms with Gasteiger partial charge in [0.15, 0.2) is 0 Å². The molecule has 0 fully saturated rings. The predicted molar refractivity (Wildman–Crippen MR) is 81.5 cm³/mol. The monoisotopic (exact) mass is 260 g/mol. The van der Waals surface area contributed by atoms with Gasteiger partial charge in [0.1, 0.15) is 0 Å². The molecule has 0 bridgehead atoms. The van der Waals surface area contributed by atoms with Crippen LogP contribution in [-0.2, 0) is 0 Å². The maximum Gasteiger partial charge on any atom is -0.00645 e. The maximum atomic E-state index is 5.30. The van der Waals surface area contributed by atoms with Crippen molar-refractivity contribution in [2.45, 2.75) is 58.8 Å². The van der Waals surface area contributed by atoms with E-state index in [-0.39, 0.29) is 0 Å². The summed E-state index contributed by atoms with van der Waals surface area (Å²) in [4.78, 5) is 3.43. The molecular formula is C12H20S3. The summed E-state index contributed by atoms with van der Waals surface area (Å²) in [5, 5.41) is 0. The molecule has 3 heteroatoms. The molecule has 0 radical (unpaired) electrons. The molecule has 0 N–H and O–H groups in total. The van der Waals surface area contributed by atoms with Crippen molar-refractivity contribution >= 4 is 51.2 Å². The first kappa shape index (κ1) is 15.3. The van der Waals surface area contributed by atoms with E-state index in [0.717, 1.165) is 59.5 Å². The molecule has 0 nitrogen and oxygen atoms in total. The topological polar surface area (TPSA) is 0 Å². The van der Waals surface area contributed by atoms with Crippen LogP contribution < -0.4 is 0 Å². The highest BCUT2D eigenvalue weighted by molar-refractivity contribution is 7.81. The summed E-state index contributed by atoms with van der Waals surface area (Å²) < 4.78 is 0. The lowest BCUT2D eigenvalue weighted by atomic mass is 10.1. The van der Waals surface area contributed by atoms with Gasteiger partial charge in [-0.25, -0.2) is 0 Å². The molecule has 0 aliphatic heterocycles. The lowest BCUT2D eigenvalue weighted by Crippen LogP contribution is -2.03. The van der Waals surface area contributed by atoms with E-state index in [1.54, 1.807) is 0 Å². The normalized spacial score (nSPS) is 10.0. The first-order valence-corrected chi connectivity index (χ1v) is 6.87. The second-order valence-corrected chi connectivity index (χ2v) is 5.45. The van der Waals surface area contributed by atoms with Crippen LogP contribution in [0.2, 0.25) is 0 Å². The Kier molecular flexibility index (Phi) is 9.66. The van der Waals surface area contributed by atoms with Crippen molar-refractivity contribution in [3.05, 3.63) is 0 Å². The summed E-state index contributed by atoms with van der Waals surface area (Å²) in [6, 6.07) is 0. The number of rotatable bonds is 9. The molecule has 0 spiro atoms. The van der Waals surface area contributed by atoms with Crippen LogP contribution in [0.15, 0.2) is 0 Å². The Labute approximate surface area is 110 Å². The Morgan fingerprint density at radius 3 is 1.47 bits per heavy atom. The number of thiocarbonyl (C=S) groups is 3. The van der Waals surface area contributed by atoms with Gasteiger partial charge in [-0.3, -0.25) is 0 Å². The maximum absolute atomic E-state index is 5.30. The molecule has 0 heterocycles. The van der Waals surface area contributed by atoms with Crippen molar-refractivity contribution in [1.29, 1.82) is 0 Å². The summed E-state index contributed by atoms with van der Waals surface area (Å²) in [6.45, 7) is 4.26. The Bertz CT molecular complexity index is 231. The van der Waals surface area contributed by atoms with Gasteiger partial charge in [-0.15, -0.1) is 0 Å². The third kappa shape index (κ3) is 9.21. The zero-order valence-corrected chi connectivity index (χ0v) is 12.1. The molecule has 86 valence electrons. The molecule has 0 aromatic heterocycles. The molecule has 0 atom stereocenters. The van der Waals surface area contributed by atoms with Crippen molar-refractivity contribution in [2.24, 2.45) is 0 Å². The lowest BCUT2D eigenvalue weighted by molar-refractivity contribution is 0.967. The quantitative estimate of drug-likeness (QED) is 0.543. The van der Waals surface area contributed by atoms with Gasteiger partial charge < -0.3 is 0 Å². The van der Waals surface area contributed by atoms with E-state index in [0.29, 0.717) is 0 Å². The molecule has 0 aliphatic rings. The fraction of sp³-hybridized carbons (Fsp3) is 0.750. The summed E-state index contributed by atoms with van der Waals surface area (Å²) in [6.07, 6.45) is 7.10. The Morgan fingerprint density at radius 1 is 0.667 bits per heavy atom. The molecule has 0 rings (SSSR count). The van der Waals surface area contributed by atoms with E-state index in [4.69, 9.17) is 36.7 Å². The number of hydrogen-bond donors (Lipinski definition) is 0. The van der Waals surface area contributed by atoms with Crippen LogP contribution in [-0.4, -0.2) is 14.6 Å². The zero-order valence-electron chi connectivity index (χ0n) is 9.67. The van der Waals surface area contributed by atoms with Crippen LogP contribution in [0.5, 0.6) is 0 Å². The van der Waals surface area contributed by atoms with Crippen molar-refractivity contribution < 1.29 is 0 Å². The lowest BCUT2D eigenvalue weighted by Gasteiger charge is -2.04. The van der Waals surface area contributed by atoms with Crippen molar-refractivity contribution in [2.75, 3.05) is 0 Å². The molecule has 0 amide bonds. The molecule has 15 heavy (non-hydrogen) atoms. The van der Waals surface area contributed by atoms with Gasteiger partial charge in [-0.05, 0) is 53.1 Å². The average Bonchev–Trinajstić information content (AvgIpc) is 2.23. The summed E-state index contributed by atoms with van der Waals surface area (Å²) >= 11 is 15.7. The van der Waals surface area contributed by atoms with Crippen LogP contribution in [0, 0.1) is 0 Å². The molecular weight excluding hydrogens is 240 g/mol. The van der Waals surface area contributed by atoms with Crippen LogP contribution in [0.25, 0.3) is 0 Å². The van der Waals surface area contributed by atoms with Gasteiger partial charge in [0.2, 0.25) is 0 Å². The second kappa shape index (κ2) is 9.49. The molecule has 0 saturated carbocycles. The van der Waals surface area contributed by atoms with Gasteiger partial charge >= 0.3 is 0 Å². The van der Waals surface area contributed by atoms with Gasteiger partial charge in [0, 0.05) is 0 Å². The van der Waals surface area contributed by atoms with Gasteiger partial charge in [0.05, 0.1) is 0 Å². The van der Waals surface area contributed by atoms with E-state index in [2.05, 4.69) is 13.8 Å². The fourth-order valence-electron chi connectivity index (χ4n) is 1.26. The van der Waals surface area contributed by atoms with Gasteiger partial charge in [-0.2, -0.15) is 0 Å². The Hall–Kier alpha value is 0.270. The van der Waals surface area contributed by atoms with Crippen LogP contribution in [0.3, 0.4) is 0 Å². The smallest absolute Gasteiger partial charge is 0.00645 e. The third-order valence-corrected chi connectivity index (χ3v) is 3.60. The Morgan fingerprint density at radius 2 is 1.07 bits per heavy atom. The van der Waals surface area contributed by atoms with E-state index in [9.17, 15) is 0 Å². The highest BCUT2D eigenvalue weighted by Crippen LogP contribution is 2.07. The highest BCUT2D eigenvalue weighted by atomic mass is 32.1. The SMILES string of the molecule is CCCC(=S)CCC(=S)CCC(=S)CC. The summed E-state index contributed by atoms with van der Waals surface area (Å²) in [5.41, 5.74) is 0. The Balaban J connectivity index is 3.57. The average molecular weight is 260 g/mol. The largest absolute Gasteiger partial charge is 0.0897 e. The van der Waals surface area contributed by atoms with E-state index in [1.165, 1.54) is 0 Å². The fourth-order valence-corrected chi connectivity index (χ4v) is 1.88. The van der Waals surface area contributed by atoms with Crippen LogP contribution in [0.4, 0.5) is 0 Å². The molecule has 0 aliphatic carbocycles. The minimum Gasteiger partial charge on any atom is -0.0897 e. The first-order chi connectivity index (χ1) is 7.10. The molecule has 0 saturated heterocycles. The first-order valence-electron chi connectivity index (χ1n) is 5.65. The van der Waals surface area contributed by atoms with Crippen LogP contribution in [0.1, 0.15) is 58.8 Å². The van der Waals surface area contributed by atoms with Crippen molar-refractivity contribution in [1.82, 2.24) is 0 Å². The van der Waals surface area contributed by atoms with Gasteiger partial charge in [-0.1, -0.05) is 56.9 Å². The zero-order chi connectivity index (χ0) is 11.7. The van der Waals surface area contributed by atoms with Crippen LogP contribution >= 0.6 is 36.7 Å². The standard InChI is InChI=1S/C12H20S3/c1-3-5-11(14)8-9-12(15)7-6-10(13)4-2/h3-9H2,1-2H3. The molecule has 0 aromatic carbocycles. The minimum absolute atomic E-state index is 0.969.